The summed E-state index contributed by atoms with van der Waals surface area (Å²) in [7, 11) is 0. The minimum Gasteiger partial charge on any atom is -0.480 e. The van der Waals surface area contributed by atoms with Gasteiger partial charge in [0, 0.05) is 5.25 Å². The van der Waals surface area contributed by atoms with Crippen LogP contribution in [0.2, 0.25) is 0 Å². The molecule has 1 aliphatic rings. The van der Waals surface area contributed by atoms with Crippen LogP contribution in [-0.2, 0) is 9.53 Å². The van der Waals surface area contributed by atoms with Crippen LogP contribution in [0.4, 0.5) is 0 Å². The molecule has 1 fully saturated rings. The summed E-state index contributed by atoms with van der Waals surface area (Å²) in [6, 6.07) is 0. The number of carboxylic acids is 1. The van der Waals surface area contributed by atoms with Gasteiger partial charge in [0.05, 0.1) is 11.2 Å². The highest BCUT2D eigenvalue weighted by Crippen LogP contribution is 2.45. The molecule has 0 saturated carbocycles. The minimum absolute atomic E-state index is 0.141. The summed E-state index contributed by atoms with van der Waals surface area (Å²) in [4.78, 5) is 11.0. The number of hydrogen-bond donors (Lipinski definition) is 1. The van der Waals surface area contributed by atoms with Crippen molar-refractivity contribution in [2.45, 2.75) is 69.2 Å². The fourth-order valence-electron chi connectivity index (χ4n) is 2.25. The first-order valence-corrected chi connectivity index (χ1v) is 6.70. The molecule has 1 aliphatic heterocycles. The maximum atomic E-state index is 11.0. The fraction of sp³-hybridized carbons (Fsp3) is 0.917. The third-order valence-electron chi connectivity index (χ3n) is 2.97. The van der Waals surface area contributed by atoms with Gasteiger partial charge in [0.2, 0.25) is 0 Å². The minimum atomic E-state index is -0.715. The summed E-state index contributed by atoms with van der Waals surface area (Å²) in [6.07, 6.45) is 1.57. The zero-order chi connectivity index (χ0) is 12.6. The van der Waals surface area contributed by atoms with Crippen LogP contribution in [0, 0.1) is 0 Å². The van der Waals surface area contributed by atoms with Crippen molar-refractivity contribution in [1.82, 2.24) is 0 Å². The Morgan fingerprint density at radius 1 is 1.50 bits per heavy atom. The van der Waals surface area contributed by atoms with E-state index in [1.54, 1.807) is 11.8 Å². The van der Waals surface area contributed by atoms with Crippen LogP contribution in [0.3, 0.4) is 0 Å². The van der Waals surface area contributed by atoms with Gasteiger partial charge in [0.1, 0.15) is 5.25 Å². The van der Waals surface area contributed by atoms with E-state index in [-0.39, 0.29) is 21.7 Å². The van der Waals surface area contributed by atoms with Crippen LogP contribution in [-0.4, -0.2) is 32.8 Å². The largest absolute Gasteiger partial charge is 0.480 e. The lowest BCUT2D eigenvalue weighted by Gasteiger charge is -2.28. The predicted octanol–water partition coefficient (Wildman–Crippen LogP) is 2.93. The van der Waals surface area contributed by atoms with Crippen LogP contribution >= 0.6 is 11.8 Å². The second-order valence-electron chi connectivity index (χ2n) is 5.53. The molecular weight excluding hydrogens is 224 g/mol. The van der Waals surface area contributed by atoms with Crippen molar-refractivity contribution < 1.29 is 14.6 Å². The first-order valence-electron chi connectivity index (χ1n) is 5.76. The Balaban J connectivity index is 2.70. The number of ether oxygens (including phenoxy) is 1. The zero-order valence-corrected chi connectivity index (χ0v) is 11.6. The smallest absolute Gasteiger partial charge is 0.316 e. The first-order chi connectivity index (χ1) is 7.18. The molecule has 0 aromatic rings. The second kappa shape index (κ2) is 4.57. The molecule has 94 valence electrons. The Hall–Kier alpha value is -0.220. The van der Waals surface area contributed by atoms with E-state index in [0.29, 0.717) is 6.42 Å². The molecule has 16 heavy (non-hydrogen) atoms. The highest BCUT2D eigenvalue weighted by Gasteiger charge is 2.47. The Morgan fingerprint density at radius 3 is 2.38 bits per heavy atom. The lowest BCUT2D eigenvalue weighted by Crippen LogP contribution is -2.33. The summed E-state index contributed by atoms with van der Waals surface area (Å²) in [5, 5.41) is 9.01. The topological polar surface area (TPSA) is 46.5 Å². The quantitative estimate of drug-likeness (QED) is 0.828. The molecule has 0 radical (unpaired) electrons. The number of rotatable bonds is 4. The van der Waals surface area contributed by atoms with E-state index < -0.39 is 5.97 Å². The van der Waals surface area contributed by atoms with Crippen molar-refractivity contribution >= 4 is 17.7 Å². The van der Waals surface area contributed by atoms with E-state index in [4.69, 9.17) is 9.84 Å². The van der Waals surface area contributed by atoms with Crippen molar-refractivity contribution in [2.24, 2.45) is 0 Å². The predicted molar refractivity (Wildman–Crippen MR) is 67.0 cm³/mol. The number of aliphatic carboxylic acids is 1. The van der Waals surface area contributed by atoms with Gasteiger partial charge in [-0.15, -0.1) is 11.8 Å². The van der Waals surface area contributed by atoms with Gasteiger partial charge in [0.25, 0.3) is 0 Å². The number of carbonyl (C=O) groups is 1. The molecular formula is C12H22O3S. The molecule has 0 amide bonds. The average molecular weight is 246 g/mol. The van der Waals surface area contributed by atoms with Crippen LogP contribution in [0.15, 0.2) is 0 Å². The van der Waals surface area contributed by atoms with Crippen LogP contribution < -0.4 is 0 Å². The van der Waals surface area contributed by atoms with E-state index in [9.17, 15) is 4.79 Å². The lowest BCUT2D eigenvalue weighted by atomic mass is 10.0. The van der Waals surface area contributed by atoms with E-state index in [1.165, 1.54) is 0 Å². The monoisotopic (exact) mass is 246 g/mol. The molecule has 0 spiro atoms. The molecule has 1 saturated heterocycles. The van der Waals surface area contributed by atoms with Gasteiger partial charge in [-0.05, 0) is 40.5 Å². The van der Waals surface area contributed by atoms with Gasteiger partial charge in [-0.3, -0.25) is 4.79 Å². The van der Waals surface area contributed by atoms with E-state index in [1.807, 2.05) is 20.8 Å². The molecule has 3 nitrogen and oxygen atoms in total. The highest BCUT2D eigenvalue weighted by molar-refractivity contribution is 8.01. The van der Waals surface area contributed by atoms with Crippen LogP contribution in [0.25, 0.3) is 0 Å². The van der Waals surface area contributed by atoms with Crippen molar-refractivity contribution in [3.8, 4) is 0 Å². The molecule has 2 atom stereocenters. The van der Waals surface area contributed by atoms with Crippen molar-refractivity contribution in [2.75, 3.05) is 0 Å². The van der Waals surface area contributed by atoms with E-state index in [0.717, 1.165) is 6.42 Å². The van der Waals surface area contributed by atoms with E-state index >= 15 is 0 Å². The summed E-state index contributed by atoms with van der Waals surface area (Å²) in [5.74, 6) is -0.715. The number of thioether (sulfide) groups is 1. The first kappa shape index (κ1) is 13.8. The molecule has 0 aromatic heterocycles. The Bertz CT molecular complexity index is 273. The molecule has 1 rings (SSSR count). The van der Waals surface area contributed by atoms with Crippen molar-refractivity contribution in [3.05, 3.63) is 0 Å². The maximum absolute atomic E-state index is 11.0. The summed E-state index contributed by atoms with van der Waals surface area (Å²) >= 11 is 1.55. The molecule has 0 bridgehead atoms. The van der Waals surface area contributed by atoms with Crippen LogP contribution in [0.1, 0.15) is 47.5 Å². The number of carboxylic acid groups (broad SMARTS) is 1. The van der Waals surface area contributed by atoms with Crippen molar-refractivity contribution in [1.29, 1.82) is 0 Å². The SMILES string of the molecule is CCC(SC1CC(C)(C)OC1(C)C)C(=O)O. The van der Waals surface area contributed by atoms with Gasteiger partial charge in [-0.25, -0.2) is 0 Å². The summed E-state index contributed by atoms with van der Waals surface area (Å²) in [5.41, 5.74) is -0.380. The maximum Gasteiger partial charge on any atom is 0.316 e. The summed E-state index contributed by atoms with van der Waals surface area (Å²) < 4.78 is 5.96. The Kier molecular flexibility index (Phi) is 3.95. The second-order valence-corrected chi connectivity index (χ2v) is 6.94. The number of hydrogen-bond acceptors (Lipinski definition) is 3. The average Bonchev–Trinajstić information content (AvgIpc) is 2.29. The molecule has 2 unspecified atom stereocenters. The molecule has 4 heteroatoms. The Labute approximate surface area is 102 Å². The molecule has 0 aliphatic carbocycles. The summed E-state index contributed by atoms with van der Waals surface area (Å²) in [6.45, 7) is 10.1. The third kappa shape index (κ3) is 3.14. The highest BCUT2D eigenvalue weighted by atomic mass is 32.2. The zero-order valence-electron chi connectivity index (χ0n) is 10.7. The molecule has 0 aromatic carbocycles. The standard InChI is InChI=1S/C12H22O3S/c1-6-8(10(13)14)16-9-7-11(2,3)15-12(9,4)5/h8-9H,6-7H2,1-5H3,(H,13,14). The Morgan fingerprint density at radius 2 is 2.06 bits per heavy atom. The van der Waals surface area contributed by atoms with Gasteiger partial charge in [0.15, 0.2) is 0 Å². The van der Waals surface area contributed by atoms with Gasteiger partial charge >= 0.3 is 5.97 Å². The van der Waals surface area contributed by atoms with Gasteiger partial charge < -0.3 is 9.84 Å². The van der Waals surface area contributed by atoms with Gasteiger partial charge in [-0.1, -0.05) is 6.92 Å². The lowest BCUT2D eigenvalue weighted by molar-refractivity contribution is -0.136. The third-order valence-corrected chi connectivity index (χ3v) is 4.89. The normalized spacial score (nSPS) is 28.9. The fourth-order valence-corrected chi connectivity index (χ4v) is 3.83. The van der Waals surface area contributed by atoms with E-state index in [2.05, 4.69) is 13.8 Å². The molecule has 1 N–H and O–H groups in total. The molecule has 1 heterocycles. The van der Waals surface area contributed by atoms with Crippen molar-refractivity contribution in [3.63, 3.8) is 0 Å². The van der Waals surface area contributed by atoms with Gasteiger partial charge in [-0.2, -0.15) is 0 Å². The van der Waals surface area contributed by atoms with Crippen LogP contribution in [0.5, 0.6) is 0 Å².